The van der Waals surface area contributed by atoms with Gasteiger partial charge in [0.2, 0.25) is 4.96 Å². The van der Waals surface area contributed by atoms with E-state index in [1.807, 2.05) is 40.9 Å². The van der Waals surface area contributed by atoms with Gasteiger partial charge in [-0.3, -0.25) is 4.40 Å². The molecule has 7 aromatic rings. The summed E-state index contributed by atoms with van der Waals surface area (Å²) in [6.07, 6.45) is 5.84. The first-order valence-corrected chi connectivity index (χ1v) is 20.7. The Kier molecular flexibility index (Phi) is 10.6. The smallest absolute Gasteiger partial charge is 0.206 e. The molecule has 0 saturated heterocycles. The van der Waals surface area contributed by atoms with Crippen molar-refractivity contribution >= 4 is 39.8 Å². The van der Waals surface area contributed by atoms with Gasteiger partial charge in [-0.15, -0.1) is 81.2 Å². The van der Waals surface area contributed by atoms with Gasteiger partial charge in [-0.25, -0.2) is 0 Å². The van der Waals surface area contributed by atoms with Gasteiger partial charge in [-0.05, 0) is 59.9 Å². The topological polar surface area (TPSA) is 56.0 Å². The van der Waals surface area contributed by atoms with Crippen LogP contribution < -0.4 is 5.19 Å². The molecule has 0 spiro atoms. The minimum absolute atomic E-state index is 0. The van der Waals surface area contributed by atoms with Crippen molar-refractivity contribution in [3.63, 3.8) is 0 Å². The van der Waals surface area contributed by atoms with Crippen molar-refractivity contribution in [1.29, 1.82) is 0 Å². The van der Waals surface area contributed by atoms with Gasteiger partial charge in [0.1, 0.15) is 6.33 Å². The van der Waals surface area contributed by atoms with E-state index in [2.05, 4.69) is 143 Å². The maximum atomic E-state index is 4.96. The molecule has 0 amide bonds. The van der Waals surface area contributed by atoms with Crippen LogP contribution in [0.25, 0.3) is 48.8 Å². The van der Waals surface area contributed by atoms with Gasteiger partial charge >= 0.3 is 0 Å². The molecule has 4 aromatic heterocycles. The second kappa shape index (κ2) is 14.2. The molecule has 8 heteroatoms. The van der Waals surface area contributed by atoms with Crippen LogP contribution in [0.15, 0.2) is 97.6 Å². The van der Waals surface area contributed by atoms with Crippen LogP contribution in [0.3, 0.4) is 0 Å². The van der Waals surface area contributed by atoms with E-state index in [9.17, 15) is 0 Å². The van der Waals surface area contributed by atoms with E-state index in [1.54, 1.807) is 17.7 Å². The third-order valence-corrected chi connectivity index (χ3v) is 11.6. The van der Waals surface area contributed by atoms with E-state index < -0.39 is 8.07 Å². The quantitative estimate of drug-likeness (QED) is 0.131. The second-order valence-corrected chi connectivity index (χ2v) is 21.3. The first kappa shape index (κ1) is 36.5. The first-order chi connectivity index (χ1) is 22.7. The molecule has 7 rings (SSSR count). The van der Waals surface area contributed by atoms with E-state index in [4.69, 9.17) is 4.98 Å². The van der Waals surface area contributed by atoms with Crippen LogP contribution in [0.5, 0.6) is 0 Å². The largest absolute Gasteiger partial charge is 0.305 e. The summed E-state index contributed by atoms with van der Waals surface area (Å²) in [6.45, 7) is 20.6. The van der Waals surface area contributed by atoms with E-state index in [0.717, 1.165) is 37.7 Å². The number of fused-ring (bicyclic) bond motifs is 3. The van der Waals surface area contributed by atoms with Crippen molar-refractivity contribution in [2.45, 2.75) is 72.0 Å². The predicted octanol–water partition coefficient (Wildman–Crippen LogP) is 10.2. The zero-order valence-corrected chi connectivity index (χ0v) is 33.9. The van der Waals surface area contributed by atoms with Crippen LogP contribution in [0.1, 0.15) is 52.7 Å². The molecule has 253 valence electrons. The molecule has 49 heavy (non-hydrogen) atoms. The Morgan fingerprint density at radius 3 is 2.12 bits per heavy atom. The summed E-state index contributed by atoms with van der Waals surface area (Å²) in [7, 11) is -1.63. The van der Waals surface area contributed by atoms with Gasteiger partial charge in [0.25, 0.3) is 0 Å². The fourth-order valence-corrected chi connectivity index (χ4v) is 8.36. The zero-order chi connectivity index (χ0) is 34.3. The van der Waals surface area contributed by atoms with E-state index in [-0.39, 0.29) is 30.9 Å². The van der Waals surface area contributed by atoms with Crippen LogP contribution in [0.2, 0.25) is 19.6 Å². The normalized spacial score (nSPS) is 12.0. The molecule has 3 aromatic carbocycles. The number of hydrogen-bond acceptors (Lipinski definition) is 5. The Hall–Kier alpha value is -3.81. The summed E-state index contributed by atoms with van der Waals surface area (Å²) in [4.78, 5) is 10.3. The number of pyridine rings is 2. The summed E-state index contributed by atoms with van der Waals surface area (Å²) in [5, 5.41) is 9.67. The summed E-state index contributed by atoms with van der Waals surface area (Å²) < 4.78 is 3.17. The fraction of sp³-hybridized carbons (Fsp3) is 0.268. The molecular formula is C41H43IrN5SSi-2. The van der Waals surface area contributed by atoms with Crippen molar-refractivity contribution in [3.8, 4) is 33.6 Å². The number of benzene rings is 3. The van der Waals surface area contributed by atoms with Crippen molar-refractivity contribution in [2.75, 3.05) is 0 Å². The monoisotopic (exact) mass is 858 g/mol. The third kappa shape index (κ3) is 7.83. The maximum absolute atomic E-state index is 4.96. The molecule has 0 aliphatic rings. The molecule has 0 aliphatic heterocycles. The summed E-state index contributed by atoms with van der Waals surface area (Å²) >= 11 is 1.64. The number of aromatic nitrogens is 5. The molecule has 4 heterocycles. The minimum Gasteiger partial charge on any atom is -0.305 e. The molecule has 0 aliphatic carbocycles. The van der Waals surface area contributed by atoms with Gasteiger partial charge in [-0.2, -0.15) is 0 Å². The molecule has 0 unspecified atom stereocenters. The molecule has 0 N–H and O–H groups in total. The van der Waals surface area contributed by atoms with Gasteiger partial charge in [0, 0.05) is 32.5 Å². The summed E-state index contributed by atoms with van der Waals surface area (Å²) in [5.74, 6) is 0. The molecule has 0 saturated carbocycles. The number of rotatable bonds is 4. The summed E-state index contributed by atoms with van der Waals surface area (Å²) in [5.41, 5.74) is 10.5. The average Bonchev–Trinajstić information content (AvgIpc) is 3.66. The Balaban J connectivity index is 0.000000233. The van der Waals surface area contributed by atoms with Crippen LogP contribution in [-0.2, 0) is 30.9 Å². The number of hydrogen-bond donors (Lipinski definition) is 0. The Morgan fingerprint density at radius 2 is 1.47 bits per heavy atom. The summed E-state index contributed by atoms with van der Waals surface area (Å²) in [6, 6.07) is 33.9. The van der Waals surface area contributed by atoms with Crippen LogP contribution in [-0.4, -0.2) is 32.6 Å². The standard InChI is InChI=1S/C26H27N4SSi.C15H16N.Ir/c1-26(2,3)20-12-8-7-10-17(20)19-14-21(27-15-23(19)32(4,5)6)18-11-9-13-22-24(18)31-25-29-28-16-30(22)25;1-15(2,3)13-9-10-14(16-11-13)12-7-5-4-6-8-12;/h7-10,12-16H,1-6H3;4-7,9-11H,1-3H3;/q2*-1;. The average molecular weight is 858 g/mol. The molecule has 0 fully saturated rings. The predicted molar refractivity (Wildman–Crippen MR) is 205 cm³/mol. The Morgan fingerprint density at radius 1 is 0.735 bits per heavy atom. The van der Waals surface area contributed by atoms with Crippen molar-refractivity contribution in [2.24, 2.45) is 0 Å². The van der Waals surface area contributed by atoms with Crippen LogP contribution >= 0.6 is 11.3 Å². The van der Waals surface area contributed by atoms with Crippen molar-refractivity contribution in [3.05, 3.63) is 121 Å². The zero-order valence-electron chi connectivity index (χ0n) is 29.7. The van der Waals surface area contributed by atoms with Gasteiger partial charge in [0.15, 0.2) is 0 Å². The molecule has 0 atom stereocenters. The minimum atomic E-state index is -1.63. The third-order valence-electron chi connectivity index (χ3n) is 8.51. The maximum Gasteiger partial charge on any atom is 0.206 e. The Labute approximate surface area is 309 Å². The van der Waals surface area contributed by atoms with E-state index in [0.29, 0.717) is 0 Å². The molecule has 5 nitrogen and oxygen atoms in total. The molecule has 1 radical (unpaired) electrons. The van der Waals surface area contributed by atoms with Crippen molar-refractivity contribution < 1.29 is 20.1 Å². The fourth-order valence-electron chi connectivity index (χ4n) is 5.84. The molecule has 0 bridgehead atoms. The molecular weight excluding hydrogens is 815 g/mol. The SMILES string of the molecule is CC(C)(C)c1ccc(-c2[c-]cccc2)nc1.CC(C)(C)c1ccccc1-c1cc(-c2[c-]ccc3c2sc2nncn23)ncc1[Si](C)(C)C.[Ir]. The second-order valence-electron chi connectivity index (χ2n) is 15.3. The Bertz CT molecular complexity index is 2180. The van der Waals surface area contributed by atoms with E-state index in [1.165, 1.54) is 27.4 Å². The van der Waals surface area contributed by atoms with Gasteiger partial charge in [-0.1, -0.05) is 104 Å². The first-order valence-electron chi connectivity index (χ1n) is 16.4. The number of thiazole rings is 1. The van der Waals surface area contributed by atoms with Gasteiger partial charge in [0.05, 0.1) is 8.07 Å². The van der Waals surface area contributed by atoms with Crippen LogP contribution in [0.4, 0.5) is 0 Å². The van der Waals surface area contributed by atoms with Crippen LogP contribution in [0, 0.1) is 12.1 Å². The number of nitrogens with zero attached hydrogens (tertiary/aromatic N) is 5. The van der Waals surface area contributed by atoms with Gasteiger partial charge < -0.3 is 9.97 Å². The van der Waals surface area contributed by atoms with Crippen molar-refractivity contribution in [1.82, 2.24) is 24.6 Å². The van der Waals surface area contributed by atoms with E-state index >= 15 is 0 Å².